The summed E-state index contributed by atoms with van der Waals surface area (Å²) in [6.07, 6.45) is 3.13. The van der Waals surface area contributed by atoms with Crippen LogP contribution in [0.5, 0.6) is 0 Å². The molecular formula is C13H19N3. The van der Waals surface area contributed by atoms with E-state index in [-0.39, 0.29) is 6.04 Å². The number of nitrogens with one attached hydrogen (secondary N) is 1. The molecule has 0 aliphatic heterocycles. The second-order valence-corrected chi connectivity index (χ2v) is 4.57. The Kier molecular flexibility index (Phi) is 3.25. The summed E-state index contributed by atoms with van der Waals surface area (Å²) in [6, 6.07) is 6.58. The first-order chi connectivity index (χ1) is 7.65. The summed E-state index contributed by atoms with van der Waals surface area (Å²) in [5.41, 5.74) is 9.18. The zero-order valence-electron chi connectivity index (χ0n) is 9.96. The molecular weight excluding hydrogens is 198 g/mol. The van der Waals surface area contributed by atoms with E-state index in [0.717, 1.165) is 36.1 Å². The van der Waals surface area contributed by atoms with Crippen molar-refractivity contribution in [2.45, 2.75) is 39.2 Å². The van der Waals surface area contributed by atoms with Gasteiger partial charge in [0.25, 0.3) is 0 Å². The molecule has 0 amide bonds. The maximum absolute atomic E-state index is 5.72. The van der Waals surface area contributed by atoms with Crippen molar-refractivity contribution in [1.82, 2.24) is 9.97 Å². The monoisotopic (exact) mass is 217 g/mol. The Morgan fingerprint density at radius 2 is 2.25 bits per heavy atom. The lowest BCUT2D eigenvalue weighted by molar-refractivity contribution is 0.616. The van der Waals surface area contributed by atoms with Crippen LogP contribution in [0.1, 0.15) is 31.2 Å². The van der Waals surface area contributed by atoms with Crippen LogP contribution in [0.2, 0.25) is 0 Å². The molecule has 0 spiro atoms. The topological polar surface area (TPSA) is 54.7 Å². The molecule has 1 atom stereocenters. The van der Waals surface area contributed by atoms with E-state index < -0.39 is 0 Å². The van der Waals surface area contributed by atoms with E-state index in [1.54, 1.807) is 0 Å². The molecule has 0 radical (unpaired) electrons. The van der Waals surface area contributed by atoms with Gasteiger partial charge in [-0.2, -0.15) is 0 Å². The number of hydrogen-bond donors (Lipinski definition) is 2. The predicted octanol–water partition coefficient (Wildman–Crippen LogP) is 2.54. The number of imidazole rings is 1. The minimum absolute atomic E-state index is 0.284. The Morgan fingerprint density at radius 3 is 3.00 bits per heavy atom. The first-order valence-electron chi connectivity index (χ1n) is 5.86. The lowest BCUT2D eigenvalue weighted by Gasteiger charge is -2.01. The zero-order valence-corrected chi connectivity index (χ0v) is 9.96. The van der Waals surface area contributed by atoms with Gasteiger partial charge in [0.1, 0.15) is 5.82 Å². The normalized spacial score (nSPS) is 13.2. The summed E-state index contributed by atoms with van der Waals surface area (Å²) in [5, 5.41) is 0. The summed E-state index contributed by atoms with van der Waals surface area (Å²) in [5.74, 6) is 1.07. The van der Waals surface area contributed by atoms with E-state index in [1.165, 1.54) is 5.56 Å². The second kappa shape index (κ2) is 4.66. The van der Waals surface area contributed by atoms with Gasteiger partial charge >= 0.3 is 0 Å². The van der Waals surface area contributed by atoms with Crippen molar-refractivity contribution in [3.8, 4) is 0 Å². The number of H-pyrrole nitrogens is 1. The fraction of sp³-hybridized carbons (Fsp3) is 0.462. The van der Waals surface area contributed by atoms with Gasteiger partial charge in [-0.1, -0.05) is 6.07 Å². The Hall–Kier alpha value is -1.35. The zero-order chi connectivity index (χ0) is 11.5. The van der Waals surface area contributed by atoms with Gasteiger partial charge in [0.05, 0.1) is 11.0 Å². The van der Waals surface area contributed by atoms with Gasteiger partial charge in [-0.25, -0.2) is 4.98 Å². The maximum atomic E-state index is 5.72. The third-order valence-corrected chi connectivity index (χ3v) is 2.76. The van der Waals surface area contributed by atoms with Gasteiger partial charge in [-0.3, -0.25) is 0 Å². The summed E-state index contributed by atoms with van der Waals surface area (Å²) in [6.45, 7) is 4.14. The van der Waals surface area contributed by atoms with Gasteiger partial charge in [0, 0.05) is 12.5 Å². The third kappa shape index (κ3) is 2.61. The molecule has 0 saturated heterocycles. The highest BCUT2D eigenvalue weighted by Gasteiger charge is 2.03. The molecule has 3 nitrogen and oxygen atoms in total. The van der Waals surface area contributed by atoms with Crippen LogP contribution in [-0.2, 0) is 6.42 Å². The minimum Gasteiger partial charge on any atom is -0.342 e. The van der Waals surface area contributed by atoms with E-state index in [4.69, 9.17) is 5.73 Å². The highest BCUT2D eigenvalue weighted by molar-refractivity contribution is 5.75. The standard InChI is InChI=1S/C13H19N3/c1-9-6-7-11-12(8-9)16-13(15-11)5-3-4-10(2)14/h6-8,10H,3-5,14H2,1-2H3,(H,15,16). The first kappa shape index (κ1) is 11.1. The number of nitrogens with two attached hydrogens (primary N) is 1. The van der Waals surface area contributed by atoms with Crippen LogP contribution in [0, 0.1) is 6.92 Å². The maximum Gasteiger partial charge on any atom is 0.107 e. The van der Waals surface area contributed by atoms with E-state index in [0.29, 0.717) is 0 Å². The molecule has 1 heterocycles. The quantitative estimate of drug-likeness (QED) is 0.827. The lowest BCUT2D eigenvalue weighted by Crippen LogP contribution is -2.14. The largest absolute Gasteiger partial charge is 0.342 e. The molecule has 1 aromatic heterocycles. The fourth-order valence-corrected chi connectivity index (χ4v) is 1.89. The second-order valence-electron chi connectivity index (χ2n) is 4.57. The summed E-state index contributed by atoms with van der Waals surface area (Å²) in [4.78, 5) is 7.91. The molecule has 16 heavy (non-hydrogen) atoms. The molecule has 3 heteroatoms. The number of aromatic amines is 1. The highest BCUT2D eigenvalue weighted by Crippen LogP contribution is 2.14. The van der Waals surface area contributed by atoms with E-state index in [1.807, 2.05) is 6.92 Å². The number of nitrogens with zero attached hydrogens (tertiary/aromatic N) is 1. The number of benzene rings is 1. The first-order valence-corrected chi connectivity index (χ1v) is 5.86. The van der Waals surface area contributed by atoms with Crippen molar-refractivity contribution in [2.24, 2.45) is 5.73 Å². The smallest absolute Gasteiger partial charge is 0.107 e. The molecule has 0 bridgehead atoms. The number of fused-ring (bicyclic) bond motifs is 1. The van der Waals surface area contributed by atoms with Crippen LogP contribution in [0.15, 0.2) is 18.2 Å². The van der Waals surface area contributed by atoms with Gasteiger partial charge in [-0.05, 0) is 44.4 Å². The SMILES string of the molecule is Cc1ccc2nc(CCCC(C)N)[nH]c2c1. The van der Waals surface area contributed by atoms with Crippen LogP contribution in [-0.4, -0.2) is 16.0 Å². The average Bonchev–Trinajstić information content (AvgIpc) is 2.58. The molecule has 86 valence electrons. The lowest BCUT2D eigenvalue weighted by atomic mass is 10.1. The van der Waals surface area contributed by atoms with Crippen LogP contribution in [0.25, 0.3) is 11.0 Å². The molecule has 0 saturated carbocycles. The Morgan fingerprint density at radius 1 is 1.44 bits per heavy atom. The van der Waals surface area contributed by atoms with Crippen LogP contribution in [0.4, 0.5) is 0 Å². The summed E-state index contributed by atoms with van der Waals surface area (Å²) in [7, 11) is 0. The Labute approximate surface area is 96.1 Å². The Balaban J connectivity index is 2.08. The number of aryl methyl sites for hydroxylation is 2. The highest BCUT2D eigenvalue weighted by atomic mass is 14.9. The molecule has 1 unspecified atom stereocenters. The van der Waals surface area contributed by atoms with Crippen molar-refractivity contribution in [3.63, 3.8) is 0 Å². The van der Waals surface area contributed by atoms with Gasteiger partial charge in [0.2, 0.25) is 0 Å². The molecule has 0 aliphatic rings. The van der Waals surface area contributed by atoms with Crippen LogP contribution in [0.3, 0.4) is 0 Å². The number of hydrogen-bond acceptors (Lipinski definition) is 2. The minimum atomic E-state index is 0.284. The number of rotatable bonds is 4. The molecule has 0 aliphatic carbocycles. The van der Waals surface area contributed by atoms with Crippen molar-refractivity contribution >= 4 is 11.0 Å². The molecule has 1 aromatic carbocycles. The summed E-state index contributed by atoms with van der Waals surface area (Å²) >= 11 is 0. The van der Waals surface area contributed by atoms with Crippen LogP contribution < -0.4 is 5.73 Å². The van der Waals surface area contributed by atoms with Crippen molar-refractivity contribution in [2.75, 3.05) is 0 Å². The molecule has 0 fully saturated rings. The molecule has 2 rings (SSSR count). The van der Waals surface area contributed by atoms with E-state index in [9.17, 15) is 0 Å². The van der Waals surface area contributed by atoms with Gasteiger partial charge in [0.15, 0.2) is 0 Å². The molecule has 3 N–H and O–H groups in total. The van der Waals surface area contributed by atoms with E-state index in [2.05, 4.69) is 35.1 Å². The van der Waals surface area contributed by atoms with Crippen molar-refractivity contribution < 1.29 is 0 Å². The predicted molar refractivity (Wildman–Crippen MR) is 67.4 cm³/mol. The fourth-order valence-electron chi connectivity index (χ4n) is 1.89. The van der Waals surface area contributed by atoms with Crippen molar-refractivity contribution in [3.05, 3.63) is 29.6 Å². The number of aromatic nitrogens is 2. The Bertz CT molecular complexity index is 471. The third-order valence-electron chi connectivity index (χ3n) is 2.76. The summed E-state index contributed by atoms with van der Waals surface area (Å²) < 4.78 is 0. The average molecular weight is 217 g/mol. The van der Waals surface area contributed by atoms with Gasteiger partial charge in [-0.15, -0.1) is 0 Å². The van der Waals surface area contributed by atoms with Crippen LogP contribution >= 0.6 is 0 Å². The van der Waals surface area contributed by atoms with Gasteiger partial charge < -0.3 is 10.7 Å². The molecule has 2 aromatic rings. The van der Waals surface area contributed by atoms with Crippen molar-refractivity contribution in [1.29, 1.82) is 0 Å². The van der Waals surface area contributed by atoms with E-state index >= 15 is 0 Å².